The Kier molecular flexibility index (Phi) is 4.99. The van der Waals surface area contributed by atoms with Crippen molar-refractivity contribution in [2.24, 2.45) is 0 Å². The van der Waals surface area contributed by atoms with Crippen LogP contribution in [-0.4, -0.2) is 57.8 Å². The minimum absolute atomic E-state index is 0.235. The number of nitrogens with one attached hydrogen (secondary N) is 1. The number of H-pyrrole nitrogens is 1. The number of aromatic amines is 1. The van der Waals surface area contributed by atoms with E-state index in [1.807, 2.05) is 48.5 Å². The molecule has 0 aliphatic carbocycles. The minimum Gasteiger partial charge on any atom is -0.507 e. The number of phenolic OH excluding ortho intramolecular Hbond substituents is 1. The van der Waals surface area contributed by atoms with Gasteiger partial charge in [-0.1, -0.05) is 54.1 Å². The van der Waals surface area contributed by atoms with Crippen LogP contribution >= 0.6 is 11.6 Å². The highest BCUT2D eigenvalue weighted by Gasteiger charge is 2.48. The van der Waals surface area contributed by atoms with Crippen molar-refractivity contribution in [1.82, 2.24) is 9.97 Å². The maximum absolute atomic E-state index is 10.1. The van der Waals surface area contributed by atoms with Gasteiger partial charge >= 0.3 is 0 Å². The largest absolute Gasteiger partial charge is 0.507 e. The molecule has 6 rings (SSSR count). The molecule has 0 radical (unpaired) electrons. The fourth-order valence-electron chi connectivity index (χ4n) is 4.51. The number of aliphatic hydroxyl groups excluding tert-OH is 1. The number of aromatic nitrogens is 2. The van der Waals surface area contributed by atoms with E-state index >= 15 is 0 Å². The molecule has 2 aromatic carbocycles. The molecule has 2 aromatic heterocycles. The van der Waals surface area contributed by atoms with Crippen LogP contribution in [0.2, 0.25) is 5.02 Å². The number of para-hydroxylation sites is 1. The molecule has 0 saturated carbocycles. The molecule has 0 spiro atoms. The number of aliphatic hydroxyl groups is 1. The fourth-order valence-corrected chi connectivity index (χ4v) is 4.77. The topological polar surface area (TPSA) is 96.8 Å². The third-order valence-corrected chi connectivity index (χ3v) is 6.45. The highest BCUT2D eigenvalue weighted by Crippen LogP contribution is 2.35. The molecule has 2 saturated heterocycles. The van der Waals surface area contributed by atoms with Crippen molar-refractivity contribution in [2.45, 2.75) is 24.4 Å². The first-order valence-corrected chi connectivity index (χ1v) is 11.1. The second kappa shape index (κ2) is 8.04. The molecule has 33 heavy (non-hydrogen) atoms. The van der Waals surface area contributed by atoms with Crippen LogP contribution in [0.25, 0.3) is 33.4 Å². The standard InChI is InChI=1S/C25H21ClN2O5/c26-16-9-17-18(10-22(27-17)33-21-12-32-24-20(30)11-31-25(21)24)28-23(16)14-7-5-13(6-8-14)15-3-1-2-4-19(15)29/h1-10,20-21,24-25,27,29-30H,11-12H2/t20-,21-,24?,25?/m1/s1. The summed E-state index contributed by atoms with van der Waals surface area (Å²) < 4.78 is 17.3. The molecule has 168 valence electrons. The van der Waals surface area contributed by atoms with Gasteiger partial charge in [-0.25, -0.2) is 4.98 Å². The summed E-state index contributed by atoms with van der Waals surface area (Å²) in [5, 5.41) is 20.5. The van der Waals surface area contributed by atoms with Gasteiger partial charge in [-0.2, -0.15) is 0 Å². The normalized spacial score (nSPS) is 24.3. The Hall–Kier alpha value is -3.10. The van der Waals surface area contributed by atoms with Gasteiger partial charge < -0.3 is 29.4 Å². The first kappa shape index (κ1) is 20.5. The summed E-state index contributed by atoms with van der Waals surface area (Å²) in [5.41, 5.74) is 4.67. The Morgan fingerprint density at radius 3 is 2.55 bits per heavy atom. The van der Waals surface area contributed by atoms with E-state index in [0.717, 1.165) is 27.7 Å². The Bertz CT molecular complexity index is 1320. The third kappa shape index (κ3) is 3.63. The van der Waals surface area contributed by atoms with Crippen LogP contribution in [0.4, 0.5) is 0 Å². The van der Waals surface area contributed by atoms with E-state index in [0.29, 0.717) is 23.2 Å². The highest BCUT2D eigenvalue weighted by molar-refractivity contribution is 6.33. The van der Waals surface area contributed by atoms with Gasteiger partial charge in [0.2, 0.25) is 0 Å². The number of rotatable bonds is 4. The Labute approximate surface area is 194 Å². The first-order valence-electron chi connectivity index (χ1n) is 10.7. The van der Waals surface area contributed by atoms with Gasteiger partial charge in [0.1, 0.15) is 24.1 Å². The number of phenols is 1. The lowest BCUT2D eigenvalue weighted by atomic mass is 10.0. The van der Waals surface area contributed by atoms with Gasteiger partial charge in [-0.05, 0) is 17.7 Å². The van der Waals surface area contributed by atoms with Crippen molar-refractivity contribution in [3.63, 3.8) is 0 Å². The highest BCUT2D eigenvalue weighted by atomic mass is 35.5. The lowest BCUT2D eigenvalue weighted by molar-refractivity contribution is 0.00794. The molecule has 0 bridgehead atoms. The number of hydrogen-bond acceptors (Lipinski definition) is 6. The summed E-state index contributed by atoms with van der Waals surface area (Å²) in [7, 11) is 0. The van der Waals surface area contributed by atoms with Crippen molar-refractivity contribution < 1.29 is 24.4 Å². The zero-order valence-electron chi connectivity index (χ0n) is 17.4. The maximum Gasteiger partial charge on any atom is 0.193 e. The summed E-state index contributed by atoms with van der Waals surface area (Å²) in [6.45, 7) is 0.607. The van der Waals surface area contributed by atoms with E-state index in [1.54, 1.807) is 12.1 Å². The Morgan fingerprint density at radius 2 is 1.73 bits per heavy atom. The average Bonchev–Trinajstić information content (AvgIpc) is 3.50. The summed E-state index contributed by atoms with van der Waals surface area (Å²) in [4.78, 5) is 7.94. The van der Waals surface area contributed by atoms with Crippen molar-refractivity contribution >= 4 is 22.6 Å². The van der Waals surface area contributed by atoms with E-state index in [2.05, 4.69) is 4.98 Å². The van der Waals surface area contributed by atoms with Gasteiger partial charge in [0, 0.05) is 17.2 Å². The molecular weight excluding hydrogens is 444 g/mol. The van der Waals surface area contributed by atoms with Gasteiger partial charge in [0.25, 0.3) is 0 Å². The number of benzene rings is 2. The van der Waals surface area contributed by atoms with Crippen molar-refractivity contribution in [2.75, 3.05) is 13.2 Å². The SMILES string of the molecule is Oc1ccccc1-c1ccc(-c2nc3cc(O[C@@H]4COC5C4OC[C@H]5O)[nH]c3cc2Cl)cc1. The molecule has 0 amide bonds. The van der Waals surface area contributed by atoms with Crippen LogP contribution in [0.3, 0.4) is 0 Å². The molecule has 4 heterocycles. The Morgan fingerprint density at radius 1 is 0.970 bits per heavy atom. The van der Waals surface area contributed by atoms with E-state index in [4.69, 9.17) is 30.8 Å². The monoisotopic (exact) mass is 464 g/mol. The quantitative estimate of drug-likeness (QED) is 0.419. The molecule has 4 atom stereocenters. The van der Waals surface area contributed by atoms with Crippen LogP contribution in [0.15, 0.2) is 60.7 Å². The van der Waals surface area contributed by atoms with Gasteiger partial charge in [-0.15, -0.1) is 0 Å². The van der Waals surface area contributed by atoms with Crippen LogP contribution in [-0.2, 0) is 9.47 Å². The number of halogens is 1. The minimum atomic E-state index is -0.619. The summed E-state index contributed by atoms with van der Waals surface area (Å²) in [6.07, 6.45) is -1.57. The van der Waals surface area contributed by atoms with Crippen molar-refractivity contribution in [3.8, 4) is 34.0 Å². The number of fused-ring (bicyclic) bond motifs is 2. The predicted octanol–water partition coefficient (Wildman–Crippen LogP) is 4.16. The lowest BCUT2D eigenvalue weighted by Crippen LogP contribution is -2.34. The van der Waals surface area contributed by atoms with Gasteiger partial charge in [0.15, 0.2) is 12.0 Å². The number of hydrogen-bond donors (Lipinski definition) is 3. The maximum atomic E-state index is 10.1. The smallest absolute Gasteiger partial charge is 0.193 e. The fraction of sp³-hybridized carbons (Fsp3) is 0.240. The first-order chi connectivity index (χ1) is 16.1. The number of pyridine rings is 1. The summed E-state index contributed by atoms with van der Waals surface area (Å²) in [6, 6.07) is 18.6. The third-order valence-electron chi connectivity index (χ3n) is 6.16. The molecule has 2 unspecified atom stereocenters. The molecule has 7 nitrogen and oxygen atoms in total. The predicted molar refractivity (Wildman–Crippen MR) is 124 cm³/mol. The number of nitrogens with zero attached hydrogens (tertiary/aromatic N) is 1. The zero-order chi connectivity index (χ0) is 22.5. The molecule has 4 aromatic rings. The second-order valence-corrected chi connectivity index (χ2v) is 8.71. The molecule has 2 aliphatic heterocycles. The zero-order valence-corrected chi connectivity index (χ0v) is 18.2. The van der Waals surface area contributed by atoms with E-state index in [-0.39, 0.29) is 30.7 Å². The van der Waals surface area contributed by atoms with Crippen molar-refractivity contribution in [1.29, 1.82) is 0 Å². The van der Waals surface area contributed by atoms with Crippen LogP contribution < -0.4 is 4.74 Å². The Balaban J connectivity index is 1.27. The summed E-state index contributed by atoms with van der Waals surface area (Å²) >= 11 is 6.56. The van der Waals surface area contributed by atoms with Crippen LogP contribution in [0.5, 0.6) is 11.6 Å². The second-order valence-electron chi connectivity index (χ2n) is 8.30. The summed E-state index contributed by atoms with van der Waals surface area (Å²) in [5.74, 6) is 0.777. The molecule has 2 fully saturated rings. The lowest BCUT2D eigenvalue weighted by Gasteiger charge is -2.16. The molecule has 2 aliphatic rings. The number of ether oxygens (including phenoxy) is 3. The van der Waals surface area contributed by atoms with Crippen LogP contribution in [0.1, 0.15) is 0 Å². The number of aromatic hydroxyl groups is 1. The molecular formula is C25H21ClN2O5. The van der Waals surface area contributed by atoms with Crippen molar-refractivity contribution in [3.05, 3.63) is 65.7 Å². The van der Waals surface area contributed by atoms with E-state index in [1.165, 1.54) is 0 Å². The van der Waals surface area contributed by atoms with E-state index < -0.39 is 6.10 Å². The van der Waals surface area contributed by atoms with Crippen LogP contribution in [0, 0.1) is 0 Å². The van der Waals surface area contributed by atoms with Gasteiger partial charge in [-0.3, -0.25) is 0 Å². The average molecular weight is 465 g/mol. The molecule has 8 heteroatoms. The molecule has 3 N–H and O–H groups in total. The van der Waals surface area contributed by atoms with Gasteiger partial charge in [0.05, 0.1) is 35.0 Å². The van der Waals surface area contributed by atoms with E-state index in [9.17, 15) is 10.2 Å².